The Morgan fingerprint density at radius 1 is 0.955 bits per heavy atom. The molecule has 3 aliphatic carbocycles. The minimum absolute atomic E-state index is 0.0755. The molecule has 2 N–H and O–H groups in total. The number of allylic oxidation sites excluding steroid dienone is 1. The molecule has 6 unspecified atom stereocenters. The smallest absolute Gasteiger partial charge is 0.239 e. The fourth-order valence-electron chi connectivity index (χ4n) is 11.5. The van der Waals surface area contributed by atoms with Crippen molar-refractivity contribution in [3.8, 4) is 11.5 Å². The maximum absolute atomic E-state index is 15.5. The second-order valence-electron chi connectivity index (χ2n) is 20.4. The molecular formula is C57H73N3O7. The van der Waals surface area contributed by atoms with Crippen LogP contribution in [-0.2, 0) is 27.5 Å². The van der Waals surface area contributed by atoms with E-state index in [4.69, 9.17) is 29.2 Å². The summed E-state index contributed by atoms with van der Waals surface area (Å²) in [5.41, 5.74) is 5.10. The summed E-state index contributed by atoms with van der Waals surface area (Å²) in [5, 5.41) is 27.4. The highest BCUT2D eigenvalue weighted by Crippen LogP contribution is 2.62. The summed E-state index contributed by atoms with van der Waals surface area (Å²) >= 11 is 0. The van der Waals surface area contributed by atoms with Crippen LogP contribution in [0.2, 0.25) is 0 Å². The van der Waals surface area contributed by atoms with E-state index in [1.54, 1.807) is 6.08 Å². The van der Waals surface area contributed by atoms with Crippen LogP contribution in [0.25, 0.3) is 10.8 Å². The highest BCUT2D eigenvalue weighted by molar-refractivity contribution is 6.03. The summed E-state index contributed by atoms with van der Waals surface area (Å²) in [6.07, 6.45) is 15.4. The second-order valence-corrected chi connectivity index (χ2v) is 20.4. The summed E-state index contributed by atoms with van der Waals surface area (Å²) in [5.74, 6) is 0.295. The molecule has 0 saturated heterocycles. The van der Waals surface area contributed by atoms with Crippen LogP contribution in [0.3, 0.4) is 0 Å². The third-order valence-electron chi connectivity index (χ3n) is 14.6. The van der Waals surface area contributed by atoms with Crippen molar-refractivity contribution in [2.24, 2.45) is 28.8 Å². The number of amides is 1. The molecule has 3 aromatic carbocycles. The summed E-state index contributed by atoms with van der Waals surface area (Å²) in [7, 11) is 0. The number of nitrogens with zero attached hydrogens (tertiary/aromatic N) is 3. The number of rotatable bonds is 21. The Morgan fingerprint density at radius 2 is 1.72 bits per heavy atom. The summed E-state index contributed by atoms with van der Waals surface area (Å²) < 4.78 is 21.5. The zero-order valence-electron chi connectivity index (χ0n) is 40.3. The number of pyridine rings is 1. The molecule has 1 aromatic heterocycles. The lowest BCUT2D eigenvalue weighted by atomic mass is 9.55. The topological polar surface area (TPSA) is 123 Å². The number of carbonyl (C=O) groups excluding carboxylic acids is 1. The molecule has 2 saturated carbocycles. The maximum Gasteiger partial charge on any atom is 0.239 e. The monoisotopic (exact) mass is 912 g/mol. The number of aliphatic hydroxyl groups is 2. The molecule has 2 heterocycles. The van der Waals surface area contributed by atoms with Gasteiger partial charge < -0.3 is 34.2 Å². The van der Waals surface area contributed by atoms with Crippen molar-refractivity contribution in [2.45, 2.75) is 148 Å². The predicted molar refractivity (Wildman–Crippen MR) is 265 cm³/mol. The van der Waals surface area contributed by atoms with Gasteiger partial charge in [0.25, 0.3) is 0 Å². The zero-order valence-corrected chi connectivity index (χ0v) is 40.3. The molecule has 67 heavy (non-hydrogen) atoms. The van der Waals surface area contributed by atoms with Gasteiger partial charge in [-0.2, -0.15) is 0 Å². The van der Waals surface area contributed by atoms with E-state index in [9.17, 15) is 10.2 Å². The first-order chi connectivity index (χ1) is 32.5. The molecule has 8 rings (SSSR count). The molecular weight excluding hydrogens is 839 g/mol. The Kier molecular flexibility index (Phi) is 15.9. The van der Waals surface area contributed by atoms with E-state index < -0.39 is 23.3 Å². The molecule has 4 aromatic rings. The number of aryl methyl sites for hydroxylation is 1. The third-order valence-corrected chi connectivity index (χ3v) is 14.6. The Labute approximate surface area is 398 Å². The fourth-order valence-corrected chi connectivity index (χ4v) is 11.5. The van der Waals surface area contributed by atoms with Crippen molar-refractivity contribution in [3.63, 3.8) is 0 Å². The number of fused-ring (bicyclic) bond motifs is 3. The van der Waals surface area contributed by atoms with Gasteiger partial charge in [0.15, 0.2) is 0 Å². The van der Waals surface area contributed by atoms with Crippen LogP contribution in [-0.4, -0.2) is 69.0 Å². The first-order valence-corrected chi connectivity index (χ1v) is 25.1. The third kappa shape index (κ3) is 11.1. The molecule has 0 bridgehead atoms. The number of carbonyl (C=O) groups is 1. The Balaban J connectivity index is 1.33. The van der Waals surface area contributed by atoms with Crippen molar-refractivity contribution >= 4 is 22.4 Å². The number of oxime groups is 1. The van der Waals surface area contributed by atoms with Crippen LogP contribution in [0.4, 0.5) is 0 Å². The molecule has 6 atom stereocenters. The number of hydrogen-bond donors (Lipinski definition) is 2. The van der Waals surface area contributed by atoms with E-state index in [0.29, 0.717) is 56.3 Å². The van der Waals surface area contributed by atoms with Crippen LogP contribution < -0.4 is 9.47 Å². The van der Waals surface area contributed by atoms with Crippen LogP contribution in [0.5, 0.6) is 11.5 Å². The zero-order chi connectivity index (χ0) is 47.0. The average Bonchev–Trinajstić information content (AvgIpc) is 3.85. The van der Waals surface area contributed by atoms with Gasteiger partial charge in [0, 0.05) is 49.8 Å². The van der Waals surface area contributed by atoms with Gasteiger partial charge in [-0.1, -0.05) is 104 Å². The summed E-state index contributed by atoms with van der Waals surface area (Å²) in [4.78, 5) is 28.7. The fraction of sp³-hybridized carbons (Fsp3) is 0.526. The lowest BCUT2D eigenvalue weighted by Gasteiger charge is -2.60. The maximum atomic E-state index is 15.5. The van der Waals surface area contributed by atoms with Gasteiger partial charge in [0.1, 0.15) is 29.7 Å². The lowest BCUT2D eigenvalue weighted by molar-refractivity contribution is -0.258. The molecule has 10 nitrogen and oxygen atoms in total. The first-order valence-electron chi connectivity index (χ1n) is 25.1. The predicted octanol–water partition coefficient (Wildman–Crippen LogP) is 11.6. The minimum Gasteiger partial charge on any atom is -0.487 e. The Bertz CT molecular complexity index is 2380. The van der Waals surface area contributed by atoms with Gasteiger partial charge in [-0.25, -0.2) is 0 Å². The van der Waals surface area contributed by atoms with Crippen LogP contribution in [0, 0.1) is 30.6 Å². The van der Waals surface area contributed by atoms with Crippen molar-refractivity contribution in [2.75, 3.05) is 19.8 Å². The van der Waals surface area contributed by atoms with Crippen LogP contribution in [0.15, 0.2) is 108 Å². The van der Waals surface area contributed by atoms with Gasteiger partial charge in [-0.05, 0) is 130 Å². The van der Waals surface area contributed by atoms with E-state index in [2.05, 4.69) is 66.1 Å². The molecule has 1 aliphatic heterocycles. The van der Waals surface area contributed by atoms with Gasteiger partial charge in [-0.3, -0.25) is 9.78 Å². The van der Waals surface area contributed by atoms with E-state index in [1.165, 1.54) is 12.8 Å². The Hall–Kier alpha value is -5.03. The lowest BCUT2D eigenvalue weighted by Crippen LogP contribution is -2.70. The molecule has 0 spiro atoms. The standard InChI is InChI=1S/C57H73N3O7/c1-6-33-65-57-52(60(53(63)30-27-40-18-7-8-19-40)37-43-23-16-22-41-20-9-10-25-46(41)43)36-50(59-67-56(3,4)5)48-34-42(21-11-13-31-61)47(26-12-14-32-62)54(55(48)57)49-35-45(28-29-51(49)66-57)64-38-44-24-15-17-39(2)58-44/h6,9-10,15-17,20,22-25,28-29,34-35,40,42,47,52,54-55,61-62H,1,7-8,11-14,18-19,21,26-27,30-33,36-38H2,2-5H3. The number of ether oxygens (including phenoxy) is 3. The normalized spacial score (nSPS) is 24.1. The molecule has 2 fully saturated rings. The number of aromatic nitrogens is 1. The molecule has 1 amide bonds. The highest BCUT2D eigenvalue weighted by Gasteiger charge is 2.65. The van der Waals surface area contributed by atoms with Crippen molar-refractivity contribution in [3.05, 3.63) is 126 Å². The average molecular weight is 912 g/mol. The van der Waals surface area contributed by atoms with Crippen LogP contribution in [0.1, 0.15) is 133 Å². The van der Waals surface area contributed by atoms with Crippen molar-refractivity contribution in [1.82, 2.24) is 9.88 Å². The van der Waals surface area contributed by atoms with Crippen molar-refractivity contribution < 1.29 is 34.1 Å². The quantitative estimate of drug-likeness (QED) is 0.0481. The van der Waals surface area contributed by atoms with Gasteiger partial charge in [-0.15, -0.1) is 6.58 Å². The largest absolute Gasteiger partial charge is 0.487 e. The molecule has 10 heteroatoms. The van der Waals surface area contributed by atoms with E-state index in [1.807, 2.05) is 58.0 Å². The van der Waals surface area contributed by atoms with Gasteiger partial charge in [0.05, 0.1) is 23.9 Å². The number of benzene rings is 3. The van der Waals surface area contributed by atoms with Gasteiger partial charge >= 0.3 is 0 Å². The second kappa shape index (κ2) is 21.9. The molecule has 4 aliphatic rings. The Morgan fingerprint density at radius 3 is 2.48 bits per heavy atom. The van der Waals surface area contributed by atoms with E-state index in [-0.39, 0.29) is 43.5 Å². The molecule has 0 radical (unpaired) electrons. The SMILES string of the molecule is C=CCOC12Oc3ccc(OCc4cccc(C)n4)cc3C3C(CCCCO)C(CCCCO)C=C(C(=NOC(C)(C)C)CC1N(Cc1cccc4ccccc14)C(=O)CCC1CCCC1)C32. The first kappa shape index (κ1) is 48.4. The van der Waals surface area contributed by atoms with Crippen LogP contribution >= 0.6 is 0 Å². The highest BCUT2D eigenvalue weighted by atomic mass is 16.7. The number of hydrogen-bond acceptors (Lipinski definition) is 9. The van der Waals surface area contributed by atoms with E-state index in [0.717, 1.165) is 89.5 Å². The minimum atomic E-state index is -1.36. The van der Waals surface area contributed by atoms with E-state index >= 15 is 4.79 Å². The van der Waals surface area contributed by atoms with Crippen molar-refractivity contribution in [1.29, 1.82) is 0 Å². The number of aliphatic hydroxyl groups excluding tert-OH is 2. The number of unbranched alkanes of at least 4 members (excludes halogenated alkanes) is 2. The summed E-state index contributed by atoms with van der Waals surface area (Å²) in [6, 6.07) is 26.2. The molecule has 358 valence electrons. The van der Waals surface area contributed by atoms with Gasteiger partial charge in [0.2, 0.25) is 11.7 Å². The summed E-state index contributed by atoms with van der Waals surface area (Å²) in [6.45, 7) is 13.3.